The lowest BCUT2D eigenvalue weighted by molar-refractivity contribution is -0.140. The summed E-state index contributed by atoms with van der Waals surface area (Å²) in [6.45, 7) is 1.16. The van der Waals surface area contributed by atoms with Crippen LogP contribution in [0.5, 0.6) is 0 Å². The van der Waals surface area contributed by atoms with Crippen molar-refractivity contribution in [2.24, 2.45) is 0 Å². The molecule has 0 heterocycles. The van der Waals surface area contributed by atoms with Gasteiger partial charge in [0, 0.05) is 0 Å². The van der Waals surface area contributed by atoms with Gasteiger partial charge >= 0.3 is 12.1 Å². The molecule has 1 aromatic carbocycles. The lowest BCUT2D eigenvalue weighted by atomic mass is 10.1. The van der Waals surface area contributed by atoms with Crippen LogP contribution in [-0.2, 0) is 10.9 Å². The number of alkyl halides is 3. The van der Waals surface area contributed by atoms with Crippen molar-refractivity contribution in [1.29, 1.82) is 0 Å². The molecule has 0 radical (unpaired) electrons. The molecule has 0 spiro atoms. The molecule has 2 nitrogen and oxygen atoms in total. The maximum absolute atomic E-state index is 13.3. The highest BCUT2D eigenvalue weighted by Gasteiger charge is 2.37. The number of benzene rings is 1. The summed E-state index contributed by atoms with van der Waals surface area (Å²) in [5.41, 5.74) is -3.04. The predicted octanol–water partition coefficient (Wildman–Crippen LogP) is 3.16. The van der Waals surface area contributed by atoms with Crippen LogP contribution in [0, 0.1) is 11.6 Å². The molecule has 0 amide bonds. The minimum atomic E-state index is -5.00. The fourth-order valence-electron chi connectivity index (χ4n) is 1.16. The summed E-state index contributed by atoms with van der Waals surface area (Å²) in [6.07, 6.45) is -5.00. The highest BCUT2D eigenvalue weighted by Crippen LogP contribution is 2.33. The Morgan fingerprint density at radius 3 is 2.35 bits per heavy atom. The Hall–Kier alpha value is -1.66. The molecule has 0 atom stereocenters. The Labute approximate surface area is 93.0 Å². The lowest BCUT2D eigenvalue weighted by Gasteiger charge is -2.11. The van der Waals surface area contributed by atoms with E-state index in [1.54, 1.807) is 0 Å². The van der Waals surface area contributed by atoms with Crippen LogP contribution < -0.4 is 0 Å². The van der Waals surface area contributed by atoms with Gasteiger partial charge in [-0.1, -0.05) is 0 Å². The van der Waals surface area contributed by atoms with Gasteiger partial charge in [-0.15, -0.1) is 0 Å². The van der Waals surface area contributed by atoms with E-state index in [0.717, 1.165) is 0 Å². The van der Waals surface area contributed by atoms with Crippen LogP contribution in [0.25, 0.3) is 0 Å². The maximum Gasteiger partial charge on any atom is 0.419 e. The molecule has 0 saturated heterocycles. The maximum atomic E-state index is 13.3. The highest BCUT2D eigenvalue weighted by molar-refractivity contribution is 5.90. The van der Waals surface area contributed by atoms with Gasteiger partial charge in [-0.05, 0) is 19.1 Å². The molecule has 0 N–H and O–H groups in total. The summed E-state index contributed by atoms with van der Waals surface area (Å²) < 4.78 is 67.6. The first kappa shape index (κ1) is 13.4. The van der Waals surface area contributed by atoms with Crippen LogP contribution in [-0.4, -0.2) is 12.6 Å². The van der Waals surface area contributed by atoms with Gasteiger partial charge in [-0.2, -0.15) is 13.2 Å². The van der Waals surface area contributed by atoms with Crippen molar-refractivity contribution in [3.8, 4) is 0 Å². The number of ether oxygens (including phenoxy) is 1. The topological polar surface area (TPSA) is 26.3 Å². The minimum absolute atomic E-state index is 0.200. The Kier molecular flexibility index (Phi) is 3.69. The second-order valence-corrected chi connectivity index (χ2v) is 3.00. The number of rotatable bonds is 2. The highest BCUT2D eigenvalue weighted by atomic mass is 19.4. The third kappa shape index (κ3) is 2.72. The van der Waals surface area contributed by atoms with Crippen molar-refractivity contribution in [2.45, 2.75) is 13.1 Å². The summed E-state index contributed by atoms with van der Waals surface area (Å²) in [4.78, 5) is 11.1. The van der Waals surface area contributed by atoms with E-state index in [1.165, 1.54) is 6.92 Å². The zero-order chi connectivity index (χ0) is 13.2. The summed E-state index contributed by atoms with van der Waals surface area (Å²) in [5.74, 6) is -4.82. The van der Waals surface area contributed by atoms with Crippen LogP contribution in [0.4, 0.5) is 22.0 Å². The van der Waals surface area contributed by atoms with Crippen LogP contribution in [0.1, 0.15) is 22.8 Å². The van der Waals surface area contributed by atoms with E-state index in [2.05, 4.69) is 4.74 Å². The fraction of sp³-hybridized carbons (Fsp3) is 0.300. The Bertz CT molecular complexity index is 439. The molecular formula is C10H7F5O2. The average Bonchev–Trinajstić information content (AvgIpc) is 2.15. The van der Waals surface area contributed by atoms with E-state index in [1.807, 2.05) is 0 Å². The summed E-state index contributed by atoms with van der Waals surface area (Å²) >= 11 is 0. The molecule has 17 heavy (non-hydrogen) atoms. The van der Waals surface area contributed by atoms with Crippen molar-refractivity contribution in [3.63, 3.8) is 0 Å². The Morgan fingerprint density at radius 1 is 1.29 bits per heavy atom. The molecule has 1 rings (SSSR count). The molecule has 0 aliphatic heterocycles. The van der Waals surface area contributed by atoms with E-state index < -0.39 is 34.9 Å². The number of hydrogen-bond acceptors (Lipinski definition) is 2. The van der Waals surface area contributed by atoms with Crippen molar-refractivity contribution in [3.05, 3.63) is 34.9 Å². The SMILES string of the molecule is CCOC(=O)c1c(F)ccc(C(F)(F)F)c1F. The molecule has 0 unspecified atom stereocenters. The van der Waals surface area contributed by atoms with Gasteiger partial charge in [0.1, 0.15) is 11.4 Å². The Morgan fingerprint density at radius 2 is 1.88 bits per heavy atom. The van der Waals surface area contributed by atoms with E-state index >= 15 is 0 Å². The van der Waals surface area contributed by atoms with Gasteiger partial charge in [-0.3, -0.25) is 0 Å². The molecule has 7 heteroatoms. The molecule has 0 bridgehead atoms. The molecular weight excluding hydrogens is 247 g/mol. The Balaban J connectivity index is 3.35. The monoisotopic (exact) mass is 254 g/mol. The van der Waals surface area contributed by atoms with E-state index in [-0.39, 0.29) is 12.7 Å². The first-order chi connectivity index (χ1) is 7.79. The minimum Gasteiger partial charge on any atom is -0.462 e. The second-order valence-electron chi connectivity index (χ2n) is 3.00. The number of hydrogen-bond donors (Lipinski definition) is 0. The van der Waals surface area contributed by atoms with Crippen molar-refractivity contribution < 1.29 is 31.5 Å². The van der Waals surface area contributed by atoms with E-state index in [4.69, 9.17) is 0 Å². The number of esters is 1. The molecule has 1 aromatic rings. The van der Waals surface area contributed by atoms with E-state index in [9.17, 15) is 26.7 Å². The molecule has 0 saturated carbocycles. The van der Waals surface area contributed by atoms with Crippen LogP contribution >= 0.6 is 0 Å². The zero-order valence-electron chi connectivity index (χ0n) is 8.57. The number of carbonyl (C=O) groups excluding carboxylic acids is 1. The average molecular weight is 254 g/mol. The summed E-state index contributed by atoms with van der Waals surface area (Å²) in [6, 6.07) is 0.603. The molecule has 94 valence electrons. The predicted molar refractivity (Wildman–Crippen MR) is 47.3 cm³/mol. The first-order valence-electron chi connectivity index (χ1n) is 4.51. The quantitative estimate of drug-likeness (QED) is 0.598. The number of halogens is 5. The smallest absolute Gasteiger partial charge is 0.419 e. The van der Waals surface area contributed by atoms with Crippen molar-refractivity contribution in [2.75, 3.05) is 6.61 Å². The van der Waals surface area contributed by atoms with Gasteiger partial charge in [0.2, 0.25) is 0 Å². The van der Waals surface area contributed by atoms with Gasteiger partial charge in [0.15, 0.2) is 5.82 Å². The third-order valence-corrected chi connectivity index (χ3v) is 1.88. The van der Waals surface area contributed by atoms with Crippen molar-refractivity contribution >= 4 is 5.97 Å². The summed E-state index contributed by atoms with van der Waals surface area (Å²) in [5, 5.41) is 0. The largest absolute Gasteiger partial charge is 0.462 e. The molecule has 0 aliphatic rings. The molecule has 0 aromatic heterocycles. The zero-order valence-corrected chi connectivity index (χ0v) is 8.57. The van der Waals surface area contributed by atoms with Crippen LogP contribution in [0.2, 0.25) is 0 Å². The fourth-order valence-corrected chi connectivity index (χ4v) is 1.16. The van der Waals surface area contributed by atoms with Crippen LogP contribution in [0.15, 0.2) is 12.1 Å². The second kappa shape index (κ2) is 4.68. The first-order valence-corrected chi connectivity index (χ1v) is 4.51. The van der Waals surface area contributed by atoms with Crippen molar-refractivity contribution in [1.82, 2.24) is 0 Å². The number of carbonyl (C=O) groups is 1. The lowest BCUT2D eigenvalue weighted by Crippen LogP contribution is -2.16. The standard InChI is InChI=1S/C10H7F5O2/c1-2-17-9(16)7-6(11)4-3-5(8(7)12)10(13,14)15/h3-4H,2H2,1H3. The normalized spacial score (nSPS) is 11.4. The van der Waals surface area contributed by atoms with Gasteiger partial charge in [0.25, 0.3) is 0 Å². The van der Waals surface area contributed by atoms with Crippen LogP contribution in [0.3, 0.4) is 0 Å². The van der Waals surface area contributed by atoms with Gasteiger partial charge < -0.3 is 4.74 Å². The third-order valence-electron chi connectivity index (χ3n) is 1.88. The van der Waals surface area contributed by atoms with Gasteiger partial charge in [0.05, 0.1) is 12.2 Å². The van der Waals surface area contributed by atoms with Gasteiger partial charge in [-0.25, -0.2) is 13.6 Å². The molecule has 0 aliphatic carbocycles. The summed E-state index contributed by atoms with van der Waals surface area (Å²) in [7, 11) is 0. The van der Waals surface area contributed by atoms with E-state index in [0.29, 0.717) is 6.07 Å². The molecule has 0 fully saturated rings.